The van der Waals surface area contributed by atoms with Gasteiger partial charge in [-0.2, -0.15) is 0 Å². The molecule has 3 N–H and O–H groups in total. The van der Waals surface area contributed by atoms with Gasteiger partial charge in [0.15, 0.2) is 0 Å². The third-order valence-electron chi connectivity index (χ3n) is 4.96. The first-order valence-electron chi connectivity index (χ1n) is 9.43. The van der Waals surface area contributed by atoms with Crippen molar-refractivity contribution in [2.75, 3.05) is 34.2 Å². The van der Waals surface area contributed by atoms with Crippen LogP contribution in [0, 0.1) is 0 Å². The standard InChI is InChI=1S/C21H26N4O4/c1-5-13-11-17(19(27)12-18(13)26)25-16-7-6-14(10-15(16)22-21(25)29)20(28)24(4)9-8-23(2)3/h6-7,10-12,26-27H,5,8-9H2,1-4H3,(H,22,29). The summed E-state index contributed by atoms with van der Waals surface area (Å²) in [6.07, 6.45) is 0.550. The Kier molecular flexibility index (Phi) is 5.65. The van der Waals surface area contributed by atoms with Crippen LogP contribution in [0.25, 0.3) is 16.7 Å². The molecule has 3 rings (SSSR count). The van der Waals surface area contributed by atoms with E-state index in [1.807, 2.05) is 25.9 Å². The number of hydrogen-bond donors (Lipinski definition) is 3. The van der Waals surface area contributed by atoms with E-state index in [1.165, 1.54) is 10.6 Å². The van der Waals surface area contributed by atoms with Crippen LogP contribution < -0.4 is 5.69 Å². The first-order chi connectivity index (χ1) is 13.7. The highest BCUT2D eigenvalue weighted by Crippen LogP contribution is 2.31. The van der Waals surface area contributed by atoms with Crippen molar-refractivity contribution in [2.45, 2.75) is 13.3 Å². The number of aromatic nitrogens is 2. The van der Waals surface area contributed by atoms with Crippen molar-refractivity contribution in [1.29, 1.82) is 0 Å². The number of aryl methyl sites for hydroxylation is 1. The number of imidazole rings is 1. The number of benzene rings is 2. The van der Waals surface area contributed by atoms with Gasteiger partial charge >= 0.3 is 5.69 Å². The number of aromatic amines is 1. The van der Waals surface area contributed by atoms with E-state index in [4.69, 9.17) is 0 Å². The average molecular weight is 398 g/mol. The van der Waals surface area contributed by atoms with Crippen LogP contribution >= 0.6 is 0 Å². The van der Waals surface area contributed by atoms with Crippen LogP contribution in [0.4, 0.5) is 0 Å². The molecule has 2 aromatic carbocycles. The molecule has 0 radical (unpaired) electrons. The third-order valence-corrected chi connectivity index (χ3v) is 4.96. The van der Waals surface area contributed by atoms with Gasteiger partial charge in [-0.25, -0.2) is 4.79 Å². The van der Waals surface area contributed by atoms with E-state index < -0.39 is 5.69 Å². The van der Waals surface area contributed by atoms with Gasteiger partial charge in [0, 0.05) is 31.8 Å². The number of phenolic OH excluding ortho intramolecular Hbond substituents is 2. The Morgan fingerprint density at radius 2 is 1.79 bits per heavy atom. The van der Waals surface area contributed by atoms with Gasteiger partial charge < -0.3 is 25.0 Å². The van der Waals surface area contributed by atoms with Crippen molar-refractivity contribution in [3.8, 4) is 17.2 Å². The molecule has 0 saturated carbocycles. The Morgan fingerprint density at radius 1 is 1.07 bits per heavy atom. The maximum absolute atomic E-state index is 12.7. The van der Waals surface area contributed by atoms with Crippen LogP contribution in [0.2, 0.25) is 0 Å². The SMILES string of the molecule is CCc1cc(-n2c(=O)[nH]c3cc(C(=O)N(C)CCN(C)C)ccc32)c(O)cc1O. The van der Waals surface area contributed by atoms with Gasteiger partial charge in [0.1, 0.15) is 11.5 Å². The van der Waals surface area contributed by atoms with Crippen LogP contribution in [0.1, 0.15) is 22.8 Å². The normalized spacial score (nSPS) is 11.3. The molecule has 29 heavy (non-hydrogen) atoms. The van der Waals surface area contributed by atoms with Crippen molar-refractivity contribution in [1.82, 2.24) is 19.4 Å². The number of nitrogens with one attached hydrogen (secondary N) is 1. The zero-order valence-electron chi connectivity index (χ0n) is 17.1. The van der Waals surface area contributed by atoms with E-state index in [-0.39, 0.29) is 23.1 Å². The van der Waals surface area contributed by atoms with E-state index >= 15 is 0 Å². The first-order valence-corrected chi connectivity index (χ1v) is 9.43. The van der Waals surface area contributed by atoms with E-state index in [1.54, 1.807) is 36.2 Å². The Hall–Kier alpha value is -3.26. The largest absolute Gasteiger partial charge is 0.508 e. The molecule has 0 aliphatic rings. The summed E-state index contributed by atoms with van der Waals surface area (Å²) in [5, 5.41) is 20.2. The summed E-state index contributed by atoms with van der Waals surface area (Å²) < 4.78 is 1.34. The lowest BCUT2D eigenvalue weighted by atomic mass is 10.1. The lowest BCUT2D eigenvalue weighted by molar-refractivity contribution is 0.0786. The molecule has 0 aliphatic carbocycles. The molecule has 0 atom stereocenters. The minimum absolute atomic E-state index is 0.0183. The van der Waals surface area contributed by atoms with Crippen molar-refractivity contribution >= 4 is 16.9 Å². The minimum atomic E-state index is -0.436. The molecule has 154 valence electrons. The molecule has 0 saturated heterocycles. The predicted molar refractivity (Wildman–Crippen MR) is 112 cm³/mol. The second-order valence-corrected chi connectivity index (χ2v) is 7.35. The number of likely N-dealkylation sites (N-methyl/N-ethyl adjacent to an activating group) is 2. The molecule has 8 heteroatoms. The van der Waals surface area contributed by atoms with Crippen LogP contribution in [0.3, 0.4) is 0 Å². The number of aromatic hydroxyl groups is 2. The number of carbonyl (C=O) groups excluding carboxylic acids is 1. The number of phenols is 2. The third kappa shape index (κ3) is 3.97. The first kappa shape index (κ1) is 20.5. The maximum Gasteiger partial charge on any atom is 0.331 e. The zero-order chi connectivity index (χ0) is 21.3. The lowest BCUT2D eigenvalue weighted by Crippen LogP contribution is -2.33. The molecule has 3 aromatic rings. The molecule has 0 spiro atoms. The van der Waals surface area contributed by atoms with Crippen molar-refractivity contribution in [2.24, 2.45) is 0 Å². The number of rotatable bonds is 6. The van der Waals surface area contributed by atoms with E-state index in [0.29, 0.717) is 35.1 Å². The molecular weight excluding hydrogens is 372 g/mol. The summed E-state index contributed by atoms with van der Waals surface area (Å²) in [5.74, 6) is -0.357. The molecule has 1 amide bonds. The fourth-order valence-corrected chi connectivity index (χ4v) is 3.23. The summed E-state index contributed by atoms with van der Waals surface area (Å²) in [7, 11) is 5.63. The Morgan fingerprint density at radius 3 is 2.45 bits per heavy atom. The number of carbonyl (C=O) groups is 1. The molecule has 8 nitrogen and oxygen atoms in total. The minimum Gasteiger partial charge on any atom is -0.508 e. The number of H-pyrrole nitrogens is 1. The Bertz CT molecular complexity index is 1110. The fraction of sp³-hybridized carbons (Fsp3) is 0.333. The predicted octanol–water partition coefficient (Wildman–Crippen LogP) is 1.93. The molecule has 1 heterocycles. The monoisotopic (exact) mass is 398 g/mol. The average Bonchev–Trinajstić information content (AvgIpc) is 3.00. The smallest absolute Gasteiger partial charge is 0.331 e. The van der Waals surface area contributed by atoms with E-state index in [2.05, 4.69) is 4.98 Å². The van der Waals surface area contributed by atoms with Crippen LogP contribution in [0.15, 0.2) is 35.1 Å². The van der Waals surface area contributed by atoms with Gasteiger partial charge in [-0.1, -0.05) is 6.92 Å². The quantitative estimate of drug-likeness (QED) is 0.589. The molecule has 1 aromatic heterocycles. The summed E-state index contributed by atoms with van der Waals surface area (Å²) in [4.78, 5) is 31.7. The van der Waals surface area contributed by atoms with Gasteiger partial charge in [0.05, 0.1) is 16.7 Å². The summed E-state index contributed by atoms with van der Waals surface area (Å²) in [6, 6.07) is 7.81. The van der Waals surface area contributed by atoms with E-state index in [0.717, 1.165) is 6.54 Å². The lowest BCUT2D eigenvalue weighted by Gasteiger charge is -2.19. The second kappa shape index (κ2) is 8.00. The highest BCUT2D eigenvalue weighted by Gasteiger charge is 2.18. The summed E-state index contributed by atoms with van der Waals surface area (Å²) >= 11 is 0. The van der Waals surface area contributed by atoms with Crippen LogP contribution in [-0.2, 0) is 6.42 Å². The summed E-state index contributed by atoms with van der Waals surface area (Å²) in [6.45, 7) is 3.21. The molecule has 0 fully saturated rings. The molecule has 0 unspecified atom stereocenters. The van der Waals surface area contributed by atoms with E-state index in [9.17, 15) is 19.8 Å². The highest BCUT2D eigenvalue weighted by atomic mass is 16.3. The van der Waals surface area contributed by atoms with Gasteiger partial charge in [0.25, 0.3) is 5.91 Å². The zero-order valence-corrected chi connectivity index (χ0v) is 17.1. The highest BCUT2D eigenvalue weighted by molar-refractivity contribution is 5.97. The van der Waals surface area contributed by atoms with Gasteiger partial charge in [-0.3, -0.25) is 9.36 Å². The topological polar surface area (TPSA) is 102 Å². The number of amides is 1. The maximum atomic E-state index is 12.7. The fourth-order valence-electron chi connectivity index (χ4n) is 3.23. The Labute approximate surface area is 168 Å². The van der Waals surface area contributed by atoms with Crippen LogP contribution in [-0.4, -0.2) is 69.7 Å². The molecular formula is C21H26N4O4. The van der Waals surface area contributed by atoms with Gasteiger partial charge in [-0.15, -0.1) is 0 Å². The number of hydrogen-bond acceptors (Lipinski definition) is 5. The summed E-state index contributed by atoms with van der Waals surface area (Å²) in [5.41, 5.74) is 1.95. The van der Waals surface area contributed by atoms with Gasteiger partial charge in [0.2, 0.25) is 0 Å². The van der Waals surface area contributed by atoms with Crippen LogP contribution in [0.5, 0.6) is 11.5 Å². The molecule has 0 bridgehead atoms. The second-order valence-electron chi connectivity index (χ2n) is 7.35. The van der Waals surface area contributed by atoms with Crippen molar-refractivity contribution in [3.05, 3.63) is 51.9 Å². The Balaban J connectivity index is 2.03. The van der Waals surface area contributed by atoms with Crippen molar-refractivity contribution < 1.29 is 15.0 Å². The van der Waals surface area contributed by atoms with Gasteiger partial charge in [-0.05, 0) is 50.3 Å². The molecule has 0 aliphatic heterocycles. The number of fused-ring (bicyclic) bond motifs is 1. The van der Waals surface area contributed by atoms with Crippen molar-refractivity contribution in [3.63, 3.8) is 0 Å². The number of nitrogens with zero attached hydrogens (tertiary/aromatic N) is 3.